The minimum Gasteiger partial charge on any atom is -0.422 e. The lowest BCUT2D eigenvalue weighted by Crippen LogP contribution is -2.32. The van der Waals surface area contributed by atoms with Crippen LogP contribution in [0.25, 0.3) is 0 Å². The van der Waals surface area contributed by atoms with Gasteiger partial charge in [0.15, 0.2) is 5.12 Å². The predicted octanol–water partition coefficient (Wildman–Crippen LogP) is 6.19. The summed E-state index contributed by atoms with van der Waals surface area (Å²) < 4.78 is 6.14. The van der Waals surface area contributed by atoms with E-state index in [2.05, 4.69) is 20.8 Å². The standard InChI is InChI=1S/C21H44O2SSi/c1-4-7-10-11-12-15-20(22)24-19-14-18-21(23-25,16-9-6-3)17-13-8-5-2/h4-19H2,1-3,25H3. The van der Waals surface area contributed by atoms with Gasteiger partial charge in [0.1, 0.15) is 10.5 Å². The minimum atomic E-state index is 0.112. The van der Waals surface area contributed by atoms with Crippen molar-refractivity contribution < 1.29 is 9.22 Å². The van der Waals surface area contributed by atoms with Gasteiger partial charge in [-0.05, 0) is 32.1 Å². The lowest BCUT2D eigenvalue weighted by molar-refractivity contribution is -0.111. The smallest absolute Gasteiger partial charge is 0.188 e. The van der Waals surface area contributed by atoms with Gasteiger partial charge in [-0.25, -0.2) is 0 Å². The fraction of sp³-hybridized carbons (Fsp3) is 0.952. The molecule has 0 saturated carbocycles. The summed E-state index contributed by atoms with van der Waals surface area (Å²) in [5, 5.41) is 0.397. The van der Waals surface area contributed by atoms with Crippen molar-refractivity contribution in [1.82, 2.24) is 0 Å². The molecular weight excluding hydrogens is 344 g/mol. The Morgan fingerprint density at radius 1 is 0.800 bits per heavy atom. The van der Waals surface area contributed by atoms with Crippen LogP contribution in [-0.2, 0) is 9.22 Å². The summed E-state index contributed by atoms with van der Waals surface area (Å²) in [6, 6.07) is 0. The summed E-state index contributed by atoms with van der Waals surface area (Å²) in [5.74, 6) is 0.973. The second-order valence-corrected chi connectivity index (χ2v) is 9.00. The molecule has 25 heavy (non-hydrogen) atoms. The van der Waals surface area contributed by atoms with Crippen molar-refractivity contribution in [3.05, 3.63) is 0 Å². The maximum atomic E-state index is 12.0. The molecule has 0 bridgehead atoms. The third-order valence-electron chi connectivity index (χ3n) is 5.18. The fourth-order valence-corrected chi connectivity index (χ4v) is 4.82. The Kier molecular flexibility index (Phi) is 17.7. The number of hydrogen-bond acceptors (Lipinski definition) is 3. The van der Waals surface area contributed by atoms with Crippen molar-refractivity contribution in [2.45, 2.75) is 123 Å². The van der Waals surface area contributed by atoms with Crippen LogP contribution in [0, 0.1) is 0 Å². The van der Waals surface area contributed by atoms with Gasteiger partial charge in [0.05, 0.1) is 5.60 Å². The van der Waals surface area contributed by atoms with E-state index in [1.807, 2.05) is 0 Å². The Morgan fingerprint density at radius 2 is 1.36 bits per heavy atom. The van der Waals surface area contributed by atoms with E-state index in [4.69, 9.17) is 4.43 Å². The zero-order chi connectivity index (χ0) is 18.8. The third kappa shape index (κ3) is 14.0. The highest BCUT2D eigenvalue weighted by Gasteiger charge is 2.27. The Hall–Kier alpha value is 0.197. The average Bonchev–Trinajstić information content (AvgIpc) is 2.62. The molecule has 150 valence electrons. The van der Waals surface area contributed by atoms with Gasteiger partial charge in [-0.2, -0.15) is 0 Å². The van der Waals surface area contributed by atoms with Gasteiger partial charge >= 0.3 is 0 Å². The van der Waals surface area contributed by atoms with E-state index in [1.165, 1.54) is 70.6 Å². The second-order valence-electron chi connectivity index (χ2n) is 7.44. The molecule has 0 radical (unpaired) electrons. The van der Waals surface area contributed by atoms with Crippen LogP contribution in [-0.4, -0.2) is 27.0 Å². The van der Waals surface area contributed by atoms with E-state index in [0.29, 0.717) is 5.12 Å². The molecule has 1 atom stereocenters. The first kappa shape index (κ1) is 25.2. The van der Waals surface area contributed by atoms with Crippen LogP contribution in [0.5, 0.6) is 0 Å². The first-order chi connectivity index (χ1) is 12.1. The van der Waals surface area contributed by atoms with E-state index in [-0.39, 0.29) is 5.60 Å². The van der Waals surface area contributed by atoms with Gasteiger partial charge in [0.25, 0.3) is 0 Å². The lowest BCUT2D eigenvalue weighted by Gasteiger charge is -2.34. The van der Waals surface area contributed by atoms with Gasteiger partial charge < -0.3 is 4.43 Å². The Labute approximate surface area is 165 Å². The summed E-state index contributed by atoms with van der Waals surface area (Å²) >= 11 is 1.56. The molecule has 2 nitrogen and oxygen atoms in total. The predicted molar refractivity (Wildman–Crippen MR) is 117 cm³/mol. The molecule has 0 rings (SSSR count). The van der Waals surface area contributed by atoms with Crippen molar-refractivity contribution in [3.8, 4) is 0 Å². The highest BCUT2D eigenvalue weighted by molar-refractivity contribution is 8.13. The first-order valence-corrected chi connectivity index (χ1v) is 12.6. The first-order valence-electron chi connectivity index (χ1n) is 10.8. The molecule has 0 fully saturated rings. The molecule has 0 aliphatic heterocycles. The molecule has 4 heteroatoms. The van der Waals surface area contributed by atoms with Crippen LogP contribution in [0.3, 0.4) is 0 Å². The monoisotopic (exact) mass is 388 g/mol. The van der Waals surface area contributed by atoms with Crippen molar-refractivity contribution in [2.24, 2.45) is 0 Å². The quantitative estimate of drug-likeness (QED) is 0.207. The molecule has 0 aromatic rings. The van der Waals surface area contributed by atoms with Crippen LogP contribution in [0.15, 0.2) is 0 Å². The fourth-order valence-electron chi connectivity index (χ4n) is 3.40. The normalized spacial score (nSPS) is 13.9. The molecule has 0 N–H and O–H groups in total. The number of unbranched alkanes of at least 4 members (excludes halogenated alkanes) is 7. The molecule has 0 aromatic heterocycles. The van der Waals surface area contributed by atoms with Gasteiger partial charge in [-0.15, -0.1) is 0 Å². The summed E-state index contributed by atoms with van der Waals surface area (Å²) in [7, 11) is 0.824. The molecular formula is C21H44O2SSi. The zero-order valence-corrected chi connectivity index (χ0v) is 20.4. The van der Waals surface area contributed by atoms with Gasteiger partial charge in [0, 0.05) is 12.2 Å². The molecule has 0 saturated heterocycles. The SMILES string of the molecule is CCCCCCCC(=O)SCCCC(CCCC)(CCCCC)O[SiH3]. The van der Waals surface area contributed by atoms with E-state index in [0.717, 1.165) is 41.9 Å². The number of carbonyl (C=O) groups is 1. The van der Waals surface area contributed by atoms with Crippen molar-refractivity contribution in [1.29, 1.82) is 0 Å². The van der Waals surface area contributed by atoms with Gasteiger partial charge in [0.2, 0.25) is 0 Å². The van der Waals surface area contributed by atoms with Crippen molar-refractivity contribution in [3.63, 3.8) is 0 Å². The van der Waals surface area contributed by atoms with Crippen LogP contribution in [0.2, 0.25) is 0 Å². The molecule has 0 heterocycles. The molecule has 0 aromatic carbocycles. The number of carbonyl (C=O) groups excluding carboxylic acids is 1. The second kappa shape index (κ2) is 17.6. The molecule has 0 spiro atoms. The number of thioether (sulfide) groups is 1. The molecule has 0 aliphatic rings. The van der Waals surface area contributed by atoms with E-state index < -0.39 is 0 Å². The molecule has 0 amide bonds. The van der Waals surface area contributed by atoms with Crippen molar-refractivity contribution >= 4 is 27.4 Å². The van der Waals surface area contributed by atoms with E-state index in [9.17, 15) is 4.79 Å². The minimum absolute atomic E-state index is 0.112. The highest BCUT2D eigenvalue weighted by atomic mass is 32.2. The number of hydrogen-bond donors (Lipinski definition) is 0. The zero-order valence-electron chi connectivity index (χ0n) is 17.5. The lowest BCUT2D eigenvalue weighted by atomic mass is 9.86. The largest absolute Gasteiger partial charge is 0.422 e. The maximum Gasteiger partial charge on any atom is 0.188 e. The van der Waals surface area contributed by atoms with Gasteiger partial charge in [-0.1, -0.05) is 90.3 Å². The number of rotatable bonds is 18. The van der Waals surface area contributed by atoms with E-state index in [1.54, 1.807) is 11.8 Å². The molecule has 1 unspecified atom stereocenters. The molecule has 0 aliphatic carbocycles. The van der Waals surface area contributed by atoms with Crippen molar-refractivity contribution in [2.75, 3.05) is 5.75 Å². The Bertz CT molecular complexity index is 312. The van der Waals surface area contributed by atoms with Crippen LogP contribution < -0.4 is 0 Å². The van der Waals surface area contributed by atoms with E-state index >= 15 is 0 Å². The summed E-state index contributed by atoms with van der Waals surface area (Å²) in [4.78, 5) is 12.0. The van der Waals surface area contributed by atoms with Gasteiger partial charge in [-0.3, -0.25) is 4.79 Å². The topological polar surface area (TPSA) is 26.3 Å². The summed E-state index contributed by atoms with van der Waals surface area (Å²) in [6.07, 6.45) is 17.9. The Morgan fingerprint density at radius 3 is 2.00 bits per heavy atom. The summed E-state index contributed by atoms with van der Waals surface area (Å²) in [5.41, 5.74) is 0.112. The maximum absolute atomic E-state index is 12.0. The van der Waals surface area contributed by atoms with Crippen LogP contribution in [0.1, 0.15) is 117 Å². The average molecular weight is 389 g/mol. The van der Waals surface area contributed by atoms with Crippen LogP contribution >= 0.6 is 11.8 Å². The Balaban J connectivity index is 4.03. The third-order valence-corrected chi connectivity index (χ3v) is 7.06. The highest BCUT2D eigenvalue weighted by Crippen LogP contribution is 2.31. The van der Waals surface area contributed by atoms with Crippen LogP contribution in [0.4, 0.5) is 0 Å². The summed E-state index contributed by atoms with van der Waals surface area (Å²) in [6.45, 7) is 6.75.